The van der Waals surface area contributed by atoms with Crippen LogP contribution in [0.15, 0.2) is 72.8 Å². The fourth-order valence-corrected chi connectivity index (χ4v) is 4.56. The van der Waals surface area contributed by atoms with Crippen LogP contribution in [0, 0.1) is 18.7 Å². The standard InChI is InChI=1S/C24H24FN3/c1-16-6-8-17(9-7-16)14-28-15-21-23(18-10-12-19(25)13-11-18)26-27-24(21)20-4-2-3-5-22(20)28/h2-13,21,23-24,26-27H,14-15H2,1H3. The Kier molecular flexibility index (Phi) is 4.38. The molecule has 2 heterocycles. The first-order valence-corrected chi connectivity index (χ1v) is 9.85. The minimum Gasteiger partial charge on any atom is -0.367 e. The second kappa shape index (κ2) is 7.04. The summed E-state index contributed by atoms with van der Waals surface area (Å²) in [5, 5.41) is 0. The Morgan fingerprint density at radius 1 is 0.893 bits per heavy atom. The molecule has 28 heavy (non-hydrogen) atoms. The maximum atomic E-state index is 13.4. The molecule has 3 unspecified atom stereocenters. The van der Waals surface area contributed by atoms with Crippen LogP contribution in [0.3, 0.4) is 0 Å². The lowest BCUT2D eigenvalue weighted by Crippen LogP contribution is -2.39. The molecule has 2 aliphatic heterocycles. The summed E-state index contributed by atoms with van der Waals surface area (Å²) in [7, 11) is 0. The number of rotatable bonds is 3. The van der Waals surface area contributed by atoms with Crippen molar-refractivity contribution in [3.8, 4) is 0 Å². The first-order chi connectivity index (χ1) is 13.7. The Bertz CT molecular complexity index is 968. The molecule has 2 aliphatic rings. The molecule has 4 heteroatoms. The van der Waals surface area contributed by atoms with Crippen molar-refractivity contribution in [2.75, 3.05) is 11.4 Å². The van der Waals surface area contributed by atoms with E-state index < -0.39 is 0 Å². The Labute approximate surface area is 165 Å². The molecule has 0 saturated carbocycles. The molecule has 0 amide bonds. The van der Waals surface area contributed by atoms with E-state index in [1.54, 1.807) is 12.1 Å². The van der Waals surface area contributed by atoms with E-state index in [0.29, 0.717) is 5.92 Å². The second-order valence-corrected chi connectivity index (χ2v) is 7.88. The van der Waals surface area contributed by atoms with Crippen molar-refractivity contribution < 1.29 is 4.39 Å². The average Bonchev–Trinajstić information content (AvgIpc) is 3.14. The van der Waals surface area contributed by atoms with Gasteiger partial charge in [-0.1, -0.05) is 60.2 Å². The van der Waals surface area contributed by atoms with Crippen LogP contribution < -0.4 is 15.8 Å². The first kappa shape index (κ1) is 17.4. The lowest BCUT2D eigenvalue weighted by molar-refractivity contribution is 0.402. The number of nitrogens with one attached hydrogen (secondary N) is 2. The molecular weight excluding hydrogens is 349 g/mol. The highest BCUT2D eigenvalue weighted by Gasteiger charge is 2.42. The first-order valence-electron chi connectivity index (χ1n) is 9.85. The summed E-state index contributed by atoms with van der Waals surface area (Å²) in [6.45, 7) is 3.95. The molecule has 0 aliphatic carbocycles. The summed E-state index contributed by atoms with van der Waals surface area (Å²) in [5.74, 6) is 0.173. The molecule has 142 valence electrons. The van der Waals surface area contributed by atoms with Gasteiger partial charge in [-0.3, -0.25) is 0 Å². The predicted octanol–water partition coefficient (Wildman–Crippen LogP) is 4.66. The van der Waals surface area contributed by atoms with Crippen LogP contribution in [0.5, 0.6) is 0 Å². The maximum absolute atomic E-state index is 13.4. The number of halogens is 1. The Morgan fingerprint density at radius 3 is 2.39 bits per heavy atom. The topological polar surface area (TPSA) is 27.3 Å². The number of hydrogen-bond acceptors (Lipinski definition) is 3. The highest BCUT2D eigenvalue weighted by molar-refractivity contribution is 5.58. The van der Waals surface area contributed by atoms with E-state index in [2.05, 4.69) is 71.2 Å². The summed E-state index contributed by atoms with van der Waals surface area (Å²) >= 11 is 0. The number of anilines is 1. The van der Waals surface area contributed by atoms with Gasteiger partial charge in [-0.25, -0.2) is 15.2 Å². The largest absolute Gasteiger partial charge is 0.367 e. The Balaban J connectivity index is 1.48. The van der Waals surface area contributed by atoms with E-state index in [0.717, 1.165) is 18.7 Å². The molecule has 0 aromatic heterocycles. The number of nitrogens with zero attached hydrogens (tertiary/aromatic N) is 1. The predicted molar refractivity (Wildman–Crippen MR) is 110 cm³/mol. The minimum atomic E-state index is -0.193. The van der Waals surface area contributed by atoms with Gasteiger partial charge in [0.1, 0.15) is 5.82 Å². The number of hydrazine groups is 1. The summed E-state index contributed by atoms with van der Waals surface area (Å²) in [4.78, 5) is 2.48. The van der Waals surface area contributed by atoms with Gasteiger partial charge in [0.2, 0.25) is 0 Å². The molecule has 3 aromatic carbocycles. The van der Waals surface area contributed by atoms with E-state index in [1.807, 2.05) is 12.1 Å². The van der Waals surface area contributed by atoms with Crippen LogP contribution in [0.25, 0.3) is 0 Å². The SMILES string of the molecule is Cc1ccc(CN2CC3C(c4ccc(F)cc4)NNC3c3ccccc32)cc1. The van der Waals surface area contributed by atoms with Gasteiger partial charge >= 0.3 is 0 Å². The van der Waals surface area contributed by atoms with Crippen LogP contribution in [0.4, 0.5) is 10.1 Å². The van der Waals surface area contributed by atoms with E-state index >= 15 is 0 Å². The fraction of sp³-hybridized carbons (Fsp3) is 0.250. The molecule has 2 N–H and O–H groups in total. The van der Waals surface area contributed by atoms with Gasteiger partial charge in [0, 0.05) is 24.7 Å². The molecule has 3 nitrogen and oxygen atoms in total. The zero-order valence-corrected chi connectivity index (χ0v) is 15.9. The van der Waals surface area contributed by atoms with Crippen LogP contribution in [0.1, 0.15) is 34.3 Å². The zero-order valence-electron chi connectivity index (χ0n) is 15.9. The van der Waals surface area contributed by atoms with Gasteiger partial charge in [0.05, 0.1) is 12.1 Å². The number of hydrogen-bond donors (Lipinski definition) is 2. The maximum Gasteiger partial charge on any atom is 0.123 e. The van der Waals surface area contributed by atoms with E-state index in [9.17, 15) is 4.39 Å². The van der Waals surface area contributed by atoms with Crippen LogP contribution in [-0.4, -0.2) is 6.54 Å². The normalized spacial score (nSPS) is 23.4. The smallest absolute Gasteiger partial charge is 0.123 e. The number of aryl methyl sites for hydroxylation is 1. The third-order valence-electron chi connectivity index (χ3n) is 6.02. The highest BCUT2D eigenvalue weighted by atomic mass is 19.1. The van der Waals surface area contributed by atoms with E-state index in [4.69, 9.17) is 0 Å². The molecule has 3 atom stereocenters. The van der Waals surface area contributed by atoms with E-state index in [1.165, 1.54) is 22.4 Å². The Morgan fingerprint density at radius 2 is 1.61 bits per heavy atom. The second-order valence-electron chi connectivity index (χ2n) is 7.88. The molecule has 0 bridgehead atoms. The quantitative estimate of drug-likeness (QED) is 0.699. The van der Waals surface area contributed by atoms with Gasteiger partial charge in [-0.05, 0) is 41.8 Å². The molecule has 5 rings (SSSR count). The molecule has 1 saturated heterocycles. The zero-order chi connectivity index (χ0) is 19.1. The van der Waals surface area contributed by atoms with Gasteiger partial charge in [-0.2, -0.15) is 0 Å². The van der Waals surface area contributed by atoms with Gasteiger partial charge in [-0.15, -0.1) is 0 Å². The third kappa shape index (κ3) is 3.09. The van der Waals surface area contributed by atoms with E-state index in [-0.39, 0.29) is 17.9 Å². The third-order valence-corrected chi connectivity index (χ3v) is 6.02. The van der Waals surface area contributed by atoms with Crippen molar-refractivity contribution in [1.82, 2.24) is 10.9 Å². The van der Waals surface area contributed by atoms with Crippen molar-refractivity contribution in [3.05, 3.63) is 101 Å². The average molecular weight is 373 g/mol. The monoisotopic (exact) mass is 373 g/mol. The molecule has 1 fully saturated rings. The van der Waals surface area contributed by atoms with Crippen molar-refractivity contribution >= 4 is 5.69 Å². The number of fused-ring (bicyclic) bond motifs is 3. The van der Waals surface area contributed by atoms with Crippen molar-refractivity contribution in [2.45, 2.75) is 25.6 Å². The lowest BCUT2D eigenvalue weighted by atomic mass is 9.82. The number of para-hydroxylation sites is 1. The van der Waals surface area contributed by atoms with Crippen LogP contribution in [0.2, 0.25) is 0 Å². The molecular formula is C24H24FN3. The fourth-order valence-electron chi connectivity index (χ4n) is 4.56. The molecule has 3 aromatic rings. The van der Waals surface area contributed by atoms with Gasteiger partial charge < -0.3 is 4.90 Å². The van der Waals surface area contributed by atoms with Crippen LogP contribution >= 0.6 is 0 Å². The lowest BCUT2D eigenvalue weighted by Gasteiger charge is -2.39. The van der Waals surface area contributed by atoms with Crippen molar-refractivity contribution in [2.24, 2.45) is 5.92 Å². The summed E-state index contributed by atoms with van der Waals surface area (Å²) in [6, 6.07) is 24.7. The highest BCUT2D eigenvalue weighted by Crippen LogP contribution is 2.45. The summed E-state index contributed by atoms with van der Waals surface area (Å²) < 4.78 is 13.4. The Hall–Kier alpha value is -2.69. The van der Waals surface area contributed by atoms with Gasteiger partial charge in [0.25, 0.3) is 0 Å². The van der Waals surface area contributed by atoms with Crippen molar-refractivity contribution in [1.29, 1.82) is 0 Å². The summed E-state index contributed by atoms with van der Waals surface area (Å²) in [6.07, 6.45) is 0. The van der Waals surface area contributed by atoms with Gasteiger partial charge in [0.15, 0.2) is 0 Å². The molecule has 0 radical (unpaired) electrons. The van der Waals surface area contributed by atoms with Crippen LogP contribution in [-0.2, 0) is 6.54 Å². The summed E-state index contributed by atoms with van der Waals surface area (Å²) in [5.41, 5.74) is 13.3. The molecule has 0 spiro atoms. The number of benzene rings is 3. The van der Waals surface area contributed by atoms with Crippen molar-refractivity contribution in [3.63, 3.8) is 0 Å². The minimum absolute atomic E-state index is 0.152.